The highest BCUT2D eigenvalue weighted by Crippen LogP contribution is 2.27. The van der Waals surface area contributed by atoms with Gasteiger partial charge in [-0.3, -0.25) is 0 Å². The van der Waals surface area contributed by atoms with Crippen LogP contribution in [0.15, 0.2) is 48.9 Å². The Morgan fingerprint density at radius 2 is 2.04 bits per heavy atom. The molecule has 1 saturated heterocycles. The number of benzene rings is 1. The van der Waals surface area contributed by atoms with Crippen molar-refractivity contribution in [2.75, 3.05) is 29.9 Å². The summed E-state index contributed by atoms with van der Waals surface area (Å²) >= 11 is 0. The molecule has 1 aliphatic heterocycles. The largest absolute Gasteiger partial charge is 0.354 e. The maximum Gasteiger partial charge on any atom is 0.151 e. The lowest BCUT2D eigenvalue weighted by molar-refractivity contribution is 0.483. The van der Waals surface area contributed by atoms with Crippen molar-refractivity contribution >= 4 is 22.5 Å². The molecule has 1 aliphatic rings. The van der Waals surface area contributed by atoms with E-state index in [1.165, 1.54) is 0 Å². The van der Waals surface area contributed by atoms with E-state index in [0.717, 1.165) is 48.5 Å². The number of piperidine rings is 1. The van der Waals surface area contributed by atoms with E-state index in [1.807, 2.05) is 30.3 Å². The second-order valence-corrected chi connectivity index (χ2v) is 6.15. The van der Waals surface area contributed by atoms with Gasteiger partial charge in [0.1, 0.15) is 12.1 Å². The summed E-state index contributed by atoms with van der Waals surface area (Å²) < 4.78 is 0. The molecule has 0 aliphatic carbocycles. The summed E-state index contributed by atoms with van der Waals surface area (Å²) in [6.45, 7) is 1.95. The molecule has 3 heterocycles. The standard InChI is InChI=1S/C18H20N6/c1-23(18-15-7-2-3-8-16(15)19-13-20-18)14-6-5-11-24(12-14)17-9-4-10-21-22-17/h2-4,7-10,13-14H,5-6,11-12H2,1H3. The summed E-state index contributed by atoms with van der Waals surface area (Å²) in [7, 11) is 2.12. The van der Waals surface area contributed by atoms with Crippen LogP contribution in [0.25, 0.3) is 10.9 Å². The maximum absolute atomic E-state index is 4.55. The lowest BCUT2D eigenvalue weighted by atomic mass is 10.0. The zero-order valence-corrected chi connectivity index (χ0v) is 13.7. The minimum absolute atomic E-state index is 0.388. The van der Waals surface area contributed by atoms with Gasteiger partial charge < -0.3 is 9.80 Å². The molecule has 122 valence electrons. The molecule has 0 spiro atoms. The average molecular weight is 320 g/mol. The lowest BCUT2D eigenvalue weighted by Gasteiger charge is -2.38. The van der Waals surface area contributed by atoms with Gasteiger partial charge in [0.25, 0.3) is 0 Å². The van der Waals surface area contributed by atoms with Gasteiger partial charge in [-0.2, -0.15) is 5.10 Å². The monoisotopic (exact) mass is 320 g/mol. The van der Waals surface area contributed by atoms with Gasteiger partial charge in [0.2, 0.25) is 0 Å². The average Bonchev–Trinajstić information content (AvgIpc) is 2.68. The number of hydrogen-bond acceptors (Lipinski definition) is 6. The molecule has 0 N–H and O–H groups in total. The molecular weight excluding hydrogens is 300 g/mol. The smallest absolute Gasteiger partial charge is 0.151 e. The summed E-state index contributed by atoms with van der Waals surface area (Å²) in [5, 5.41) is 9.35. The summed E-state index contributed by atoms with van der Waals surface area (Å²) in [5.41, 5.74) is 0.982. The van der Waals surface area contributed by atoms with Crippen molar-refractivity contribution < 1.29 is 0 Å². The molecular formula is C18H20N6. The molecule has 6 nitrogen and oxygen atoms in total. The Balaban J connectivity index is 1.60. The molecule has 6 heteroatoms. The highest BCUT2D eigenvalue weighted by molar-refractivity contribution is 5.89. The van der Waals surface area contributed by atoms with Crippen molar-refractivity contribution in [2.24, 2.45) is 0 Å². The fraction of sp³-hybridized carbons (Fsp3) is 0.333. The van der Waals surface area contributed by atoms with Crippen LogP contribution in [0.5, 0.6) is 0 Å². The van der Waals surface area contributed by atoms with Crippen molar-refractivity contribution in [2.45, 2.75) is 18.9 Å². The first-order valence-corrected chi connectivity index (χ1v) is 8.28. The first-order valence-electron chi connectivity index (χ1n) is 8.28. The lowest BCUT2D eigenvalue weighted by Crippen LogP contribution is -2.47. The summed E-state index contributed by atoms with van der Waals surface area (Å²) in [5.74, 6) is 1.94. The zero-order chi connectivity index (χ0) is 16.4. The van der Waals surface area contributed by atoms with Gasteiger partial charge in [-0.25, -0.2) is 9.97 Å². The molecule has 0 radical (unpaired) electrons. The number of likely N-dealkylation sites (N-methyl/N-ethyl adjacent to an activating group) is 1. The number of nitrogens with zero attached hydrogens (tertiary/aromatic N) is 6. The number of hydrogen-bond donors (Lipinski definition) is 0. The summed E-state index contributed by atoms with van der Waals surface area (Å²) in [6.07, 6.45) is 5.64. The van der Waals surface area contributed by atoms with Crippen molar-refractivity contribution in [1.82, 2.24) is 20.2 Å². The third kappa shape index (κ3) is 2.75. The Kier molecular flexibility index (Phi) is 3.94. The van der Waals surface area contributed by atoms with E-state index < -0.39 is 0 Å². The molecule has 0 saturated carbocycles. The van der Waals surface area contributed by atoms with Gasteiger partial charge in [-0.15, -0.1) is 5.10 Å². The van der Waals surface area contributed by atoms with Gasteiger partial charge >= 0.3 is 0 Å². The van der Waals surface area contributed by atoms with Crippen LogP contribution in [0, 0.1) is 0 Å². The molecule has 4 rings (SSSR count). The van der Waals surface area contributed by atoms with Crippen LogP contribution in [0.3, 0.4) is 0 Å². The molecule has 1 atom stereocenters. The topological polar surface area (TPSA) is 58.0 Å². The van der Waals surface area contributed by atoms with E-state index in [2.05, 4.69) is 43.1 Å². The van der Waals surface area contributed by atoms with E-state index in [1.54, 1.807) is 12.5 Å². The van der Waals surface area contributed by atoms with E-state index in [-0.39, 0.29) is 0 Å². The number of anilines is 2. The normalized spacial score (nSPS) is 17.9. The SMILES string of the molecule is CN(c1ncnc2ccccc12)C1CCCN(c2cccnn2)C1. The number of rotatable bonds is 3. The highest BCUT2D eigenvalue weighted by atomic mass is 15.3. The minimum Gasteiger partial charge on any atom is -0.354 e. The van der Waals surface area contributed by atoms with Gasteiger partial charge in [-0.05, 0) is 37.1 Å². The Hall–Kier alpha value is -2.76. The predicted octanol–water partition coefficient (Wildman–Crippen LogP) is 2.53. The minimum atomic E-state index is 0.388. The molecule has 24 heavy (non-hydrogen) atoms. The molecule has 0 bridgehead atoms. The number of para-hydroxylation sites is 1. The molecule has 1 fully saturated rings. The quantitative estimate of drug-likeness (QED) is 0.739. The Morgan fingerprint density at radius 1 is 1.12 bits per heavy atom. The van der Waals surface area contributed by atoms with E-state index in [0.29, 0.717) is 6.04 Å². The fourth-order valence-electron chi connectivity index (χ4n) is 3.39. The predicted molar refractivity (Wildman–Crippen MR) is 95.2 cm³/mol. The Morgan fingerprint density at radius 3 is 2.92 bits per heavy atom. The summed E-state index contributed by atoms with van der Waals surface area (Å²) in [6, 6.07) is 12.5. The van der Waals surface area contributed by atoms with Crippen LogP contribution in [-0.4, -0.2) is 46.3 Å². The van der Waals surface area contributed by atoms with Gasteiger partial charge in [0.15, 0.2) is 5.82 Å². The van der Waals surface area contributed by atoms with Gasteiger partial charge in [0, 0.05) is 37.8 Å². The summed E-state index contributed by atoms with van der Waals surface area (Å²) in [4.78, 5) is 13.5. The van der Waals surface area contributed by atoms with Crippen LogP contribution >= 0.6 is 0 Å². The van der Waals surface area contributed by atoms with E-state index in [9.17, 15) is 0 Å². The molecule has 2 aromatic heterocycles. The second-order valence-electron chi connectivity index (χ2n) is 6.15. The van der Waals surface area contributed by atoms with Crippen molar-refractivity contribution in [3.63, 3.8) is 0 Å². The molecule has 3 aromatic rings. The third-order valence-electron chi connectivity index (χ3n) is 4.68. The first-order chi connectivity index (χ1) is 11.8. The van der Waals surface area contributed by atoms with E-state index in [4.69, 9.17) is 0 Å². The van der Waals surface area contributed by atoms with Crippen LogP contribution in [0.2, 0.25) is 0 Å². The molecule has 1 unspecified atom stereocenters. The Bertz CT molecular complexity index is 817. The van der Waals surface area contributed by atoms with Crippen LogP contribution < -0.4 is 9.80 Å². The highest BCUT2D eigenvalue weighted by Gasteiger charge is 2.25. The molecule has 0 amide bonds. The molecule has 1 aromatic carbocycles. The number of fused-ring (bicyclic) bond motifs is 1. The van der Waals surface area contributed by atoms with Crippen molar-refractivity contribution in [3.05, 3.63) is 48.9 Å². The van der Waals surface area contributed by atoms with Gasteiger partial charge in [0.05, 0.1) is 5.52 Å². The van der Waals surface area contributed by atoms with Crippen LogP contribution in [0.1, 0.15) is 12.8 Å². The van der Waals surface area contributed by atoms with E-state index >= 15 is 0 Å². The fourth-order valence-corrected chi connectivity index (χ4v) is 3.39. The second kappa shape index (κ2) is 6.39. The van der Waals surface area contributed by atoms with Crippen LogP contribution in [0.4, 0.5) is 11.6 Å². The van der Waals surface area contributed by atoms with Gasteiger partial charge in [-0.1, -0.05) is 12.1 Å². The first kappa shape index (κ1) is 14.8. The Labute approximate surface area is 141 Å². The maximum atomic E-state index is 4.55. The third-order valence-corrected chi connectivity index (χ3v) is 4.68. The van der Waals surface area contributed by atoms with Crippen LogP contribution in [-0.2, 0) is 0 Å². The van der Waals surface area contributed by atoms with Crippen molar-refractivity contribution in [1.29, 1.82) is 0 Å². The zero-order valence-electron chi connectivity index (χ0n) is 13.7. The number of aromatic nitrogens is 4. The van der Waals surface area contributed by atoms with Crippen molar-refractivity contribution in [3.8, 4) is 0 Å².